The van der Waals surface area contributed by atoms with Crippen LogP contribution in [0.15, 0.2) is 36.4 Å². The number of benzene rings is 2. The summed E-state index contributed by atoms with van der Waals surface area (Å²) in [6, 6.07) is 11.7. The van der Waals surface area contributed by atoms with E-state index in [2.05, 4.69) is 0 Å². The Labute approximate surface area is 87.3 Å². The first kappa shape index (κ1) is 9.22. The van der Waals surface area contributed by atoms with Crippen LogP contribution < -0.4 is 0 Å². The maximum Gasteiger partial charge on any atom is 0.124 e. The molecule has 0 radical (unpaired) electrons. The van der Waals surface area contributed by atoms with Crippen LogP contribution in [0.1, 0.15) is 5.56 Å². The van der Waals surface area contributed by atoms with E-state index in [0.717, 1.165) is 22.6 Å². The first-order valence-electron chi connectivity index (χ1n) is 4.42. The number of rotatable bonds is 2. The minimum atomic E-state index is 0.375. The molecule has 2 aromatic carbocycles. The van der Waals surface area contributed by atoms with E-state index in [1.807, 2.05) is 36.4 Å². The van der Waals surface area contributed by atoms with Crippen LogP contribution in [0, 0.1) is 0 Å². The molecule has 14 heavy (non-hydrogen) atoms. The lowest BCUT2D eigenvalue weighted by molar-refractivity contribution is -0.107. The number of hydrogen-bond acceptors (Lipinski definition) is 1. The fourth-order valence-corrected chi connectivity index (χ4v) is 1.84. The molecule has 0 heterocycles. The topological polar surface area (TPSA) is 17.1 Å². The minimum absolute atomic E-state index is 0.375. The molecular weight excluding hydrogens is 196 g/mol. The highest BCUT2D eigenvalue weighted by molar-refractivity contribution is 6.32. The van der Waals surface area contributed by atoms with Crippen LogP contribution in [0.2, 0.25) is 5.02 Å². The number of halogens is 1. The Bertz CT molecular complexity index is 477. The molecule has 0 saturated heterocycles. The fraction of sp³-hybridized carbons (Fsp3) is 0.0833. The summed E-state index contributed by atoms with van der Waals surface area (Å²) in [5, 5.41) is 2.84. The number of carbonyl (C=O) groups is 1. The Kier molecular flexibility index (Phi) is 2.51. The summed E-state index contributed by atoms with van der Waals surface area (Å²) < 4.78 is 0. The van der Waals surface area contributed by atoms with Crippen molar-refractivity contribution in [1.29, 1.82) is 0 Å². The van der Waals surface area contributed by atoms with Crippen LogP contribution in [0.5, 0.6) is 0 Å². The molecule has 0 N–H and O–H groups in total. The summed E-state index contributed by atoms with van der Waals surface area (Å²) in [4.78, 5) is 10.5. The van der Waals surface area contributed by atoms with Crippen molar-refractivity contribution in [3.05, 3.63) is 47.0 Å². The van der Waals surface area contributed by atoms with E-state index in [-0.39, 0.29) is 0 Å². The van der Waals surface area contributed by atoms with Crippen LogP contribution in [-0.4, -0.2) is 6.29 Å². The van der Waals surface area contributed by atoms with E-state index in [1.165, 1.54) is 0 Å². The van der Waals surface area contributed by atoms with Crippen molar-refractivity contribution in [3.8, 4) is 0 Å². The van der Waals surface area contributed by atoms with Gasteiger partial charge in [0.2, 0.25) is 0 Å². The van der Waals surface area contributed by atoms with Crippen molar-refractivity contribution >= 4 is 28.7 Å². The second-order valence-electron chi connectivity index (χ2n) is 3.12. The van der Waals surface area contributed by atoms with Gasteiger partial charge in [-0.05, 0) is 22.4 Å². The minimum Gasteiger partial charge on any atom is -0.303 e. The van der Waals surface area contributed by atoms with Gasteiger partial charge in [0, 0.05) is 11.4 Å². The van der Waals surface area contributed by atoms with E-state index < -0.39 is 0 Å². The van der Waals surface area contributed by atoms with Gasteiger partial charge < -0.3 is 4.79 Å². The number of fused-ring (bicyclic) bond motifs is 1. The molecule has 2 aromatic rings. The van der Waals surface area contributed by atoms with Crippen molar-refractivity contribution in [3.63, 3.8) is 0 Å². The smallest absolute Gasteiger partial charge is 0.124 e. The Morgan fingerprint density at radius 2 is 1.93 bits per heavy atom. The monoisotopic (exact) mass is 204 g/mol. The van der Waals surface area contributed by atoms with Crippen molar-refractivity contribution in [2.45, 2.75) is 6.42 Å². The van der Waals surface area contributed by atoms with E-state index in [9.17, 15) is 4.79 Å². The van der Waals surface area contributed by atoms with E-state index in [0.29, 0.717) is 11.4 Å². The molecule has 0 unspecified atom stereocenters. The average Bonchev–Trinajstić information content (AvgIpc) is 2.23. The van der Waals surface area contributed by atoms with Crippen LogP contribution in [0.4, 0.5) is 0 Å². The van der Waals surface area contributed by atoms with Crippen molar-refractivity contribution in [2.75, 3.05) is 0 Å². The number of aldehydes is 1. The number of carbonyl (C=O) groups excluding carboxylic acids is 1. The molecule has 0 amide bonds. The predicted octanol–water partition coefficient (Wildman–Crippen LogP) is 3.23. The zero-order chi connectivity index (χ0) is 9.97. The van der Waals surface area contributed by atoms with E-state index in [4.69, 9.17) is 11.6 Å². The normalized spacial score (nSPS) is 10.4. The van der Waals surface area contributed by atoms with Gasteiger partial charge >= 0.3 is 0 Å². The largest absolute Gasteiger partial charge is 0.303 e. The van der Waals surface area contributed by atoms with Gasteiger partial charge in [0.15, 0.2) is 0 Å². The molecule has 0 aliphatic heterocycles. The third kappa shape index (κ3) is 1.51. The lowest BCUT2D eigenvalue weighted by atomic mass is 10.0. The quantitative estimate of drug-likeness (QED) is 0.687. The Morgan fingerprint density at radius 1 is 1.14 bits per heavy atom. The summed E-state index contributed by atoms with van der Waals surface area (Å²) in [5.74, 6) is 0. The third-order valence-corrected chi connectivity index (χ3v) is 2.62. The maximum atomic E-state index is 10.5. The van der Waals surface area contributed by atoms with Crippen molar-refractivity contribution in [2.24, 2.45) is 0 Å². The third-order valence-electron chi connectivity index (χ3n) is 2.27. The molecule has 2 heteroatoms. The maximum absolute atomic E-state index is 10.5. The average molecular weight is 205 g/mol. The van der Waals surface area contributed by atoms with Crippen LogP contribution in [0.3, 0.4) is 0 Å². The molecule has 0 fully saturated rings. The molecule has 0 aliphatic carbocycles. The molecule has 0 saturated carbocycles. The molecule has 0 spiro atoms. The predicted molar refractivity (Wildman–Crippen MR) is 58.7 cm³/mol. The Morgan fingerprint density at radius 3 is 2.71 bits per heavy atom. The highest BCUT2D eigenvalue weighted by Gasteiger charge is 2.04. The summed E-state index contributed by atoms with van der Waals surface area (Å²) in [6.45, 7) is 0. The highest BCUT2D eigenvalue weighted by atomic mass is 35.5. The van der Waals surface area contributed by atoms with Crippen LogP contribution in [0.25, 0.3) is 10.8 Å². The van der Waals surface area contributed by atoms with Crippen molar-refractivity contribution < 1.29 is 4.79 Å². The molecule has 70 valence electrons. The first-order chi connectivity index (χ1) is 6.83. The number of hydrogen-bond donors (Lipinski definition) is 0. The Balaban J connectivity index is 2.75. The van der Waals surface area contributed by atoms with Gasteiger partial charge in [0.1, 0.15) is 6.29 Å². The van der Waals surface area contributed by atoms with Gasteiger partial charge in [-0.2, -0.15) is 0 Å². The van der Waals surface area contributed by atoms with Gasteiger partial charge in [-0.15, -0.1) is 0 Å². The summed E-state index contributed by atoms with van der Waals surface area (Å²) in [6.07, 6.45) is 1.26. The molecular formula is C12H9ClO. The second-order valence-corrected chi connectivity index (χ2v) is 3.53. The van der Waals surface area contributed by atoms with Gasteiger partial charge in [0.05, 0.1) is 0 Å². The lowest BCUT2D eigenvalue weighted by Crippen LogP contribution is -1.89. The zero-order valence-corrected chi connectivity index (χ0v) is 8.29. The first-order valence-corrected chi connectivity index (χ1v) is 4.80. The molecule has 2 rings (SSSR count). The second kappa shape index (κ2) is 3.81. The van der Waals surface area contributed by atoms with Crippen molar-refractivity contribution in [1.82, 2.24) is 0 Å². The molecule has 1 nitrogen and oxygen atoms in total. The molecule has 0 aromatic heterocycles. The summed E-state index contributed by atoms with van der Waals surface area (Å²) >= 11 is 6.02. The summed E-state index contributed by atoms with van der Waals surface area (Å²) in [5.41, 5.74) is 0.916. The van der Waals surface area contributed by atoms with Gasteiger partial charge in [-0.25, -0.2) is 0 Å². The van der Waals surface area contributed by atoms with Crippen LogP contribution >= 0.6 is 11.6 Å². The SMILES string of the molecule is O=CCc1c(Cl)ccc2ccccc12. The Hall–Kier alpha value is -1.34. The molecule has 0 bridgehead atoms. The van der Waals surface area contributed by atoms with Gasteiger partial charge in [0.25, 0.3) is 0 Å². The van der Waals surface area contributed by atoms with Crippen LogP contribution in [-0.2, 0) is 11.2 Å². The van der Waals surface area contributed by atoms with Gasteiger partial charge in [-0.1, -0.05) is 41.9 Å². The molecule has 0 aliphatic rings. The molecule has 0 atom stereocenters. The van der Waals surface area contributed by atoms with E-state index in [1.54, 1.807) is 0 Å². The highest BCUT2D eigenvalue weighted by Crippen LogP contribution is 2.25. The zero-order valence-electron chi connectivity index (χ0n) is 7.53. The lowest BCUT2D eigenvalue weighted by Gasteiger charge is -2.05. The van der Waals surface area contributed by atoms with E-state index >= 15 is 0 Å². The summed E-state index contributed by atoms with van der Waals surface area (Å²) in [7, 11) is 0. The fourth-order valence-electron chi connectivity index (χ4n) is 1.60. The van der Waals surface area contributed by atoms with Gasteiger partial charge in [-0.3, -0.25) is 0 Å². The standard InChI is InChI=1S/C12H9ClO/c13-12-6-5-9-3-1-2-4-10(9)11(12)7-8-14/h1-6,8H,7H2.